The van der Waals surface area contributed by atoms with E-state index < -0.39 is 11.9 Å². The molecule has 0 radical (unpaired) electrons. The maximum atomic E-state index is 13.9. The number of benzene rings is 1. The van der Waals surface area contributed by atoms with Gasteiger partial charge in [-0.05, 0) is 68.3 Å². The fourth-order valence-electron chi connectivity index (χ4n) is 4.68. The molecule has 1 atom stereocenters. The van der Waals surface area contributed by atoms with Gasteiger partial charge in [-0.3, -0.25) is 14.5 Å². The average Bonchev–Trinajstić information content (AvgIpc) is 3.71. The second-order valence-corrected chi connectivity index (χ2v) is 9.36. The zero-order valence-electron chi connectivity index (χ0n) is 21.6. The molecule has 4 aromatic rings. The number of anilines is 1. The van der Waals surface area contributed by atoms with Crippen molar-refractivity contribution in [3.63, 3.8) is 0 Å². The summed E-state index contributed by atoms with van der Waals surface area (Å²) >= 11 is 0. The Hall–Kier alpha value is -4.41. The highest BCUT2D eigenvalue weighted by Crippen LogP contribution is 2.32. The molecule has 1 aromatic carbocycles. The highest BCUT2D eigenvalue weighted by atomic mass is 16.5. The van der Waals surface area contributed by atoms with E-state index in [0.717, 1.165) is 25.7 Å². The Morgan fingerprint density at radius 2 is 1.87 bits per heavy atom. The molecule has 1 N–H and O–H groups in total. The zero-order chi connectivity index (χ0) is 26.6. The Kier molecular flexibility index (Phi) is 7.25. The molecule has 1 aliphatic rings. The monoisotopic (exact) mass is 518 g/mol. The van der Waals surface area contributed by atoms with Crippen LogP contribution in [0.25, 0.3) is 11.6 Å². The van der Waals surface area contributed by atoms with Gasteiger partial charge in [0.15, 0.2) is 11.8 Å². The lowest BCUT2D eigenvalue weighted by molar-refractivity contribution is -0.128. The number of rotatable bonds is 9. The number of amides is 2. The molecule has 0 aliphatic heterocycles. The van der Waals surface area contributed by atoms with Gasteiger partial charge in [-0.15, -0.1) is 10.2 Å². The van der Waals surface area contributed by atoms with Crippen LogP contribution >= 0.6 is 0 Å². The maximum Gasteiger partial charge on any atom is 0.251 e. The van der Waals surface area contributed by atoms with E-state index in [-0.39, 0.29) is 24.3 Å². The molecule has 5 rings (SSSR count). The summed E-state index contributed by atoms with van der Waals surface area (Å²) < 4.78 is 16.9. The molecule has 0 spiro atoms. The number of aromatic nitrogens is 4. The molecular formula is C27H30N6O5. The van der Waals surface area contributed by atoms with E-state index in [0.29, 0.717) is 34.5 Å². The average molecular weight is 519 g/mol. The summed E-state index contributed by atoms with van der Waals surface area (Å²) in [6.45, 7) is 3.34. The molecule has 0 saturated heterocycles. The molecule has 3 aromatic heterocycles. The van der Waals surface area contributed by atoms with Crippen LogP contribution in [-0.2, 0) is 16.1 Å². The van der Waals surface area contributed by atoms with E-state index >= 15 is 0 Å². The predicted octanol–water partition coefficient (Wildman–Crippen LogP) is 3.98. The zero-order valence-corrected chi connectivity index (χ0v) is 21.6. The summed E-state index contributed by atoms with van der Waals surface area (Å²) in [7, 11) is 1.54. The number of methoxy groups -OCH3 is 1. The van der Waals surface area contributed by atoms with E-state index in [4.69, 9.17) is 13.6 Å². The summed E-state index contributed by atoms with van der Waals surface area (Å²) in [6, 6.07) is 13.0. The van der Waals surface area contributed by atoms with Crippen LogP contribution in [-0.4, -0.2) is 45.2 Å². The Morgan fingerprint density at radius 1 is 1.11 bits per heavy atom. The van der Waals surface area contributed by atoms with Gasteiger partial charge in [0.1, 0.15) is 29.6 Å². The van der Waals surface area contributed by atoms with Crippen molar-refractivity contribution >= 4 is 17.5 Å². The van der Waals surface area contributed by atoms with Crippen molar-refractivity contribution in [1.82, 2.24) is 25.5 Å². The largest absolute Gasteiger partial charge is 0.497 e. The van der Waals surface area contributed by atoms with Crippen molar-refractivity contribution in [1.29, 1.82) is 0 Å². The Bertz CT molecular complexity index is 1420. The number of tetrazole rings is 1. The van der Waals surface area contributed by atoms with E-state index in [1.165, 1.54) is 9.70 Å². The van der Waals surface area contributed by atoms with E-state index in [9.17, 15) is 9.59 Å². The molecule has 0 bridgehead atoms. The first-order valence-corrected chi connectivity index (χ1v) is 12.6. The van der Waals surface area contributed by atoms with E-state index in [2.05, 4.69) is 20.7 Å². The molecule has 1 fully saturated rings. The van der Waals surface area contributed by atoms with Crippen molar-refractivity contribution in [2.45, 2.75) is 58.2 Å². The van der Waals surface area contributed by atoms with Gasteiger partial charge in [-0.2, -0.15) is 4.80 Å². The van der Waals surface area contributed by atoms with Crippen molar-refractivity contribution in [2.24, 2.45) is 0 Å². The summed E-state index contributed by atoms with van der Waals surface area (Å²) in [5, 5.41) is 15.5. The minimum absolute atomic E-state index is 0.0552. The Labute approximate surface area is 219 Å². The Balaban J connectivity index is 1.51. The molecule has 1 saturated carbocycles. The summed E-state index contributed by atoms with van der Waals surface area (Å²) in [5.41, 5.74) is 0.469. The topological polar surface area (TPSA) is 129 Å². The van der Waals surface area contributed by atoms with Crippen LogP contribution in [0.3, 0.4) is 0 Å². The van der Waals surface area contributed by atoms with Crippen LogP contribution < -0.4 is 15.0 Å². The van der Waals surface area contributed by atoms with Crippen LogP contribution in [0.4, 0.5) is 5.69 Å². The van der Waals surface area contributed by atoms with Crippen molar-refractivity contribution in [2.75, 3.05) is 12.0 Å². The second kappa shape index (κ2) is 10.9. The molecule has 1 aliphatic carbocycles. The number of ether oxygens (including phenoxy) is 1. The van der Waals surface area contributed by atoms with Crippen molar-refractivity contribution in [3.8, 4) is 17.3 Å². The number of nitrogens with zero attached hydrogens (tertiary/aromatic N) is 5. The molecule has 11 nitrogen and oxygen atoms in total. The first kappa shape index (κ1) is 25.2. The fourth-order valence-corrected chi connectivity index (χ4v) is 4.68. The highest BCUT2D eigenvalue weighted by molar-refractivity contribution is 6.01. The first-order valence-electron chi connectivity index (χ1n) is 12.6. The maximum absolute atomic E-state index is 13.9. The normalized spacial score (nSPS) is 14.4. The molecule has 2 amide bonds. The standard InChI is InChI=1S/C27H30N6O5/c1-17-11-13-22(37-17)25(27(35)28-19-7-4-5-8-19)33(20-9-6-10-21(15-20)36-3)24(34)16-32-30-26(29-31-32)23-14-12-18(2)38-23/h6,9-15,19,25H,4-5,7-8,16H2,1-3H3,(H,28,35)/t25-/m0/s1. The number of furan rings is 2. The van der Waals surface area contributed by atoms with Crippen LogP contribution in [0.1, 0.15) is 49.0 Å². The van der Waals surface area contributed by atoms with Crippen molar-refractivity contribution in [3.05, 3.63) is 65.8 Å². The Morgan fingerprint density at radius 3 is 2.55 bits per heavy atom. The molecule has 3 heterocycles. The van der Waals surface area contributed by atoms with Gasteiger partial charge in [0.25, 0.3) is 11.8 Å². The summed E-state index contributed by atoms with van der Waals surface area (Å²) in [5.74, 6) is 2.20. The van der Waals surface area contributed by atoms with Crippen molar-refractivity contribution < 1.29 is 23.2 Å². The van der Waals surface area contributed by atoms with Gasteiger partial charge in [0.2, 0.25) is 5.82 Å². The molecule has 198 valence electrons. The lowest BCUT2D eigenvalue weighted by Gasteiger charge is -2.31. The predicted molar refractivity (Wildman–Crippen MR) is 137 cm³/mol. The first-order chi connectivity index (χ1) is 18.4. The summed E-state index contributed by atoms with van der Waals surface area (Å²) in [6.07, 6.45) is 3.92. The quantitative estimate of drug-likeness (QED) is 0.352. The van der Waals surface area contributed by atoms with Gasteiger partial charge in [0.05, 0.1) is 7.11 Å². The van der Waals surface area contributed by atoms with Gasteiger partial charge in [0, 0.05) is 17.8 Å². The minimum Gasteiger partial charge on any atom is -0.497 e. The van der Waals surface area contributed by atoms with Crippen LogP contribution in [0.15, 0.2) is 57.4 Å². The molecule has 38 heavy (non-hydrogen) atoms. The number of carbonyl (C=O) groups is 2. The van der Waals surface area contributed by atoms with Crippen LogP contribution in [0.5, 0.6) is 5.75 Å². The highest BCUT2D eigenvalue weighted by Gasteiger charge is 2.37. The van der Waals surface area contributed by atoms with E-state index in [1.807, 2.05) is 6.92 Å². The molecular weight excluding hydrogens is 488 g/mol. The minimum atomic E-state index is -1.06. The van der Waals surface area contributed by atoms with Gasteiger partial charge in [-0.1, -0.05) is 18.9 Å². The third kappa shape index (κ3) is 5.46. The number of hydrogen-bond donors (Lipinski definition) is 1. The molecule has 11 heteroatoms. The SMILES string of the molecule is COc1cccc(N(C(=O)Cn2nnc(-c3ccc(C)o3)n2)[C@H](C(=O)NC2CCCC2)c2ccc(C)o2)c1. The number of carbonyl (C=O) groups excluding carboxylic acids is 2. The second-order valence-electron chi connectivity index (χ2n) is 9.36. The lowest BCUT2D eigenvalue weighted by atomic mass is 10.1. The van der Waals surface area contributed by atoms with Gasteiger partial charge >= 0.3 is 0 Å². The number of aryl methyl sites for hydroxylation is 2. The van der Waals surface area contributed by atoms with Gasteiger partial charge in [-0.25, -0.2) is 0 Å². The molecule has 0 unspecified atom stereocenters. The summed E-state index contributed by atoms with van der Waals surface area (Å²) in [4.78, 5) is 30.3. The van der Waals surface area contributed by atoms with Crippen LogP contribution in [0, 0.1) is 13.8 Å². The van der Waals surface area contributed by atoms with E-state index in [1.54, 1.807) is 62.6 Å². The third-order valence-electron chi connectivity index (χ3n) is 6.53. The number of hydrogen-bond acceptors (Lipinski definition) is 8. The third-order valence-corrected chi connectivity index (χ3v) is 6.53. The lowest BCUT2D eigenvalue weighted by Crippen LogP contribution is -2.47. The van der Waals surface area contributed by atoms with Crippen LogP contribution in [0.2, 0.25) is 0 Å². The fraction of sp³-hybridized carbons (Fsp3) is 0.370. The van der Waals surface area contributed by atoms with Gasteiger partial charge < -0.3 is 18.9 Å². The smallest absolute Gasteiger partial charge is 0.251 e. The number of nitrogens with one attached hydrogen (secondary N) is 1.